The van der Waals surface area contributed by atoms with Crippen LogP contribution in [0.15, 0.2) is 24.4 Å². The van der Waals surface area contributed by atoms with Gasteiger partial charge in [0.05, 0.1) is 23.3 Å². The fraction of sp³-hybridized carbons (Fsp3) is 0.500. The van der Waals surface area contributed by atoms with E-state index in [1.54, 1.807) is 11.1 Å². The molecule has 1 aromatic heterocycles. The molecule has 12 heteroatoms. The molecule has 0 aliphatic carbocycles. The lowest BCUT2D eigenvalue weighted by Crippen LogP contribution is -2.45. The maximum atomic E-state index is 13.7. The zero-order valence-electron chi connectivity index (χ0n) is 20.0. The van der Waals surface area contributed by atoms with Crippen LogP contribution in [0, 0.1) is 5.82 Å². The van der Waals surface area contributed by atoms with Crippen molar-refractivity contribution in [2.75, 3.05) is 45.4 Å². The number of ether oxygens (including phenoxy) is 3. The number of methoxy groups -OCH3 is 1. The lowest BCUT2D eigenvalue weighted by molar-refractivity contribution is -0.148. The van der Waals surface area contributed by atoms with E-state index in [0.29, 0.717) is 44.2 Å². The zero-order chi connectivity index (χ0) is 25.5. The van der Waals surface area contributed by atoms with Crippen LogP contribution in [-0.4, -0.2) is 73.0 Å². The lowest BCUT2D eigenvalue weighted by Gasteiger charge is -2.30. The van der Waals surface area contributed by atoms with Gasteiger partial charge in [0.15, 0.2) is 0 Å². The number of fused-ring (bicyclic) bond motifs is 1. The molecule has 1 fully saturated rings. The second-order valence-corrected chi connectivity index (χ2v) is 9.07. The van der Waals surface area contributed by atoms with E-state index in [2.05, 4.69) is 20.6 Å². The average molecular weight is 522 g/mol. The highest BCUT2D eigenvalue weighted by Gasteiger charge is 2.26. The predicted octanol–water partition coefficient (Wildman–Crippen LogP) is 2.86. The number of urea groups is 1. The molecule has 0 saturated carbocycles. The summed E-state index contributed by atoms with van der Waals surface area (Å²) in [7, 11) is 1.38. The van der Waals surface area contributed by atoms with Crippen LogP contribution in [0.1, 0.15) is 35.7 Å². The third-order valence-electron chi connectivity index (χ3n) is 6.10. The molecule has 0 radical (unpaired) electrons. The lowest BCUT2D eigenvalue weighted by atomic mass is 10.1. The van der Waals surface area contributed by atoms with Crippen molar-refractivity contribution in [3.05, 3.63) is 52.1 Å². The fourth-order valence-electron chi connectivity index (χ4n) is 4.10. The minimum absolute atomic E-state index is 0.0943. The molecule has 1 saturated heterocycles. The van der Waals surface area contributed by atoms with E-state index in [4.69, 9.17) is 25.8 Å². The number of carbonyl (C=O) groups is 2. The molecule has 10 nitrogen and oxygen atoms in total. The topological polar surface area (TPSA) is 115 Å². The molecule has 3 heterocycles. The quantitative estimate of drug-likeness (QED) is 0.510. The van der Waals surface area contributed by atoms with E-state index in [9.17, 15) is 14.0 Å². The van der Waals surface area contributed by atoms with Gasteiger partial charge >= 0.3 is 12.0 Å². The normalized spacial score (nSPS) is 16.7. The minimum atomic E-state index is -0.742. The van der Waals surface area contributed by atoms with Crippen molar-refractivity contribution in [2.45, 2.75) is 37.9 Å². The first-order valence-corrected chi connectivity index (χ1v) is 12.1. The first-order chi connectivity index (χ1) is 17.4. The number of esters is 1. The maximum absolute atomic E-state index is 13.7. The van der Waals surface area contributed by atoms with Crippen molar-refractivity contribution in [1.29, 1.82) is 0 Å². The third kappa shape index (κ3) is 6.80. The first kappa shape index (κ1) is 26.1. The Morgan fingerprint density at radius 3 is 2.89 bits per heavy atom. The Labute approximate surface area is 213 Å². The van der Waals surface area contributed by atoms with Crippen LogP contribution < -0.4 is 10.6 Å². The molecule has 0 unspecified atom stereocenters. The zero-order valence-corrected chi connectivity index (χ0v) is 20.7. The Hall–Kier alpha value is -3.02. The van der Waals surface area contributed by atoms with Crippen molar-refractivity contribution in [2.24, 2.45) is 0 Å². The fourth-order valence-corrected chi connectivity index (χ4v) is 4.29. The number of benzene rings is 1. The van der Waals surface area contributed by atoms with Gasteiger partial charge in [0, 0.05) is 39.1 Å². The smallest absolute Gasteiger partial charge is 0.332 e. The van der Waals surface area contributed by atoms with Gasteiger partial charge in [0.25, 0.3) is 0 Å². The van der Waals surface area contributed by atoms with E-state index in [1.807, 2.05) is 0 Å². The molecule has 2 N–H and O–H groups in total. The van der Waals surface area contributed by atoms with Gasteiger partial charge in [-0.2, -0.15) is 0 Å². The number of nitrogens with zero attached hydrogens (tertiary/aromatic N) is 3. The highest BCUT2D eigenvalue weighted by atomic mass is 35.5. The Bertz CT molecular complexity index is 1080. The second-order valence-electron chi connectivity index (χ2n) is 8.66. The van der Waals surface area contributed by atoms with Gasteiger partial charge in [-0.25, -0.2) is 23.9 Å². The van der Waals surface area contributed by atoms with Gasteiger partial charge in [-0.05, 0) is 42.5 Å². The van der Waals surface area contributed by atoms with E-state index in [-0.39, 0.29) is 30.3 Å². The van der Waals surface area contributed by atoms with Crippen LogP contribution in [0.4, 0.5) is 15.1 Å². The summed E-state index contributed by atoms with van der Waals surface area (Å²) in [5.41, 5.74) is 2.27. The number of carbonyl (C=O) groups excluding carboxylic acids is 2. The molecule has 0 spiro atoms. The molecule has 2 aliphatic heterocycles. The standard InChI is InChI=1S/C24H29ClFN5O5/c1-34-14-22(32)36-13-21(15-2-3-19(26)18(25)10-15)30-24(33)31-7-4-16-11-27-23(29-20(16)12-31)28-17-5-8-35-9-6-17/h2-3,10-11,17,21H,4-9,12-14H2,1H3,(H,30,33)(H,27,28,29)/t21-/m1/s1. The number of anilines is 1. The number of amides is 2. The SMILES string of the molecule is COCC(=O)OC[C@@H](NC(=O)N1CCc2cnc(NC3CCOCC3)nc2C1)c1ccc(F)c(Cl)c1. The summed E-state index contributed by atoms with van der Waals surface area (Å²) in [6, 6.07) is 3.24. The number of halogens is 2. The van der Waals surface area contributed by atoms with E-state index < -0.39 is 17.8 Å². The molecule has 4 rings (SSSR count). The Kier molecular flexibility index (Phi) is 8.89. The van der Waals surface area contributed by atoms with Crippen molar-refractivity contribution >= 4 is 29.5 Å². The third-order valence-corrected chi connectivity index (χ3v) is 6.39. The average Bonchev–Trinajstić information content (AvgIpc) is 2.88. The number of rotatable bonds is 8. The molecular formula is C24H29ClFN5O5. The maximum Gasteiger partial charge on any atom is 0.332 e. The highest BCUT2D eigenvalue weighted by Crippen LogP contribution is 2.23. The van der Waals surface area contributed by atoms with Crippen LogP contribution in [-0.2, 0) is 32.0 Å². The summed E-state index contributed by atoms with van der Waals surface area (Å²) >= 11 is 5.94. The summed E-state index contributed by atoms with van der Waals surface area (Å²) in [5, 5.41) is 6.13. The predicted molar refractivity (Wildman–Crippen MR) is 129 cm³/mol. The number of hydrogen-bond donors (Lipinski definition) is 2. The van der Waals surface area contributed by atoms with Gasteiger partial charge in [-0.3, -0.25) is 0 Å². The van der Waals surface area contributed by atoms with E-state index in [0.717, 1.165) is 24.1 Å². The van der Waals surface area contributed by atoms with E-state index in [1.165, 1.54) is 25.3 Å². The highest BCUT2D eigenvalue weighted by molar-refractivity contribution is 6.30. The van der Waals surface area contributed by atoms with Crippen LogP contribution >= 0.6 is 11.6 Å². The van der Waals surface area contributed by atoms with Crippen molar-refractivity contribution < 1.29 is 28.2 Å². The summed E-state index contributed by atoms with van der Waals surface area (Å²) < 4.78 is 29.1. The summed E-state index contributed by atoms with van der Waals surface area (Å²) in [6.07, 6.45) is 4.19. The molecule has 36 heavy (non-hydrogen) atoms. The monoisotopic (exact) mass is 521 g/mol. The largest absolute Gasteiger partial charge is 0.461 e. The molecular weight excluding hydrogens is 493 g/mol. The Morgan fingerprint density at radius 1 is 1.33 bits per heavy atom. The van der Waals surface area contributed by atoms with Crippen molar-refractivity contribution in [3.63, 3.8) is 0 Å². The van der Waals surface area contributed by atoms with Gasteiger partial charge in [0.2, 0.25) is 5.95 Å². The van der Waals surface area contributed by atoms with Gasteiger partial charge in [-0.15, -0.1) is 0 Å². The molecule has 1 atom stereocenters. The Balaban J connectivity index is 1.43. The van der Waals surface area contributed by atoms with Crippen LogP contribution in [0.3, 0.4) is 0 Å². The molecule has 0 bridgehead atoms. The molecule has 1 aromatic carbocycles. The summed E-state index contributed by atoms with van der Waals surface area (Å²) in [5.74, 6) is -0.635. The molecule has 2 aliphatic rings. The number of nitrogens with one attached hydrogen (secondary N) is 2. The second kappa shape index (κ2) is 12.3. The van der Waals surface area contributed by atoms with Crippen molar-refractivity contribution in [3.8, 4) is 0 Å². The number of hydrogen-bond acceptors (Lipinski definition) is 8. The summed E-state index contributed by atoms with van der Waals surface area (Å²) in [6.45, 7) is 1.79. The van der Waals surface area contributed by atoms with Crippen molar-refractivity contribution in [1.82, 2.24) is 20.2 Å². The minimum Gasteiger partial charge on any atom is -0.461 e. The molecule has 2 aromatic rings. The molecule has 2 amide bonds. The van der Waals surface area contributed by atoms with Gasteiger partial charge in [-0.1, -0.05) is 17.7 Å². The number of aromatic nitrogens is 2. The Morgan fingerprint density at radius 2 is 2.14 bits per heavy atom. The van der Waals surface area contributed by atoms with Crippen LogP contribution in [0.5, 0.6) is 0 Å². The molecule has 194 valence electrons. The summed E-state index contributed by atoms with van der Waals surface area (Å²) in [4.78, 5) is 35.7. The van der Waals surface area contributed by atoms with Crippen LogP contribution in [0.25, 0.3) is 0 Å². The van der Waals surface area contributed by atoms with Crippen LogP contribution in [0.2, 0.25) is 5.02 Å². The first-order valence-electron chi connectivity index (χ1n) is 11.8. The van der Waals surface area contributed by atoms with E-state index >= 15 is 0 Å². The van der Waals surface area contributed by atoms with Gasteiger partial charge < -0.3 is 29.7 Å². The van der Waals surface area contributed by atoms with Gasteiger partial charge in [0.1, 0.15) is 19.0 Å².